The summed E-state index contributed by atoms with van der Waals surface area (Å²) < 4.78 is 14.8. The number of nitrogens with one attached hydrogen (secondary N) is 2. The second-order valence-electron chi connectivity index (χ2n) is 7.40. The highest BCUT2D eigenvalue weighted by Crippen LogP contribution is 2.26. The number of carbonyl (C=O) groups is 1. The van der Waals surface area contributed by atoms with Gasteiger partial charge in [-0.15, -0.1) is 14.9 Å². The van der Waals surface area contributed by atoms with Gasteiger partial charge in [0.2, 0.25) is 5.91 Å². The zero-order valence-electron chi connectivity index (χ0n) is 14.7. The van der Waals surface area contributed by atoms with E-state index in [4.69, 9.17) is 11.6 Å². The van der Waals surface area contributed by atoms with E-state index in [9.17, 15) is 9.35 Å². The lowest BCUT2D eigenvalue weighted by atomic mass is 9.96. The molecule has 130 valence electrons. The number of amides is 1. The Kier molecular flexibility index (Phi) is 6.43. The quantitative estimate of drug-likeness (QED) is 0.804. The zero-order chi connectivity index (χ0) is 18.0. The van der Waals surface area contributed by atoms with Crippen LogP contribution in [0.2, 0.25) is 5.15 Å². The second kappa shape index (κ2) is 7.34. The van der Waals surface area contributed by atoms with Gasteiger partial charge in [-0.2, -0.15) is 0 Å². The summed E-state index contributed by atoms with van der Waals surface area (Å²) in [4.78, 5) is 12.0. The van der Waals surface area contributed by atoms with Crippen LogP contribution in [-0.2, 0) is 16.2 Å². The molecule has 1 heterocycles. The molecular formula is C15H25ClN4O2S. The number of rotatable bonds is 4. The summed E-state index contributed by atoms with van der Waals surface area (Å²) in [5.41, 5.74) is 0.0856. The molecule has 0 fully saturated rings. The summed E-state index contributed by atoms with van der Waals surface area (Å²) in [6.45, 7) is 12.9. The van der Waals surface area contributed by atoms with Crippen molar-refractivity contribution in [2.45, 2.75) is 59.3 Å². The van der Waals surface area contributed by atoms with Gasteiger partial charge in [-0.3, -0.25) is 4.79 Å². The highest BCUT2D eigenvalue weighted by Gasteiger charge is 2.29. The number of anilines is 1. The Labute approximate surface area is 146 Å². The van der Waals surface area contributed by atoms with E-state index in [0.29, 0.717) is 11.4 Å². The van der Waals surface area contributed by atoms with Gasteiger partial charge in [-0.05, 0) is 33.8 Å². The molecule has 23 heavy (non-hydrogen) atoms. The van der Waals surface area contributed by atoms with Crippen LogP contribution in [0.5, 0.6) is 0 Å². The average Bonchev–Trinajstić information content (AvgIpc) is 2.38. The van der Waals surface area contributed by atoms with Gasteiger partial charge in [0.1, 0.15) is 4.75 Å². The van der Waals surface area contributed by atoms with Crippen LogP contribution < -0.4 is 10.0 Å². The molecule has 0 saturated heterocycles. The van der Waals surface area contributed by atoms with E-state index in [1.165, 1.54) is 0 Å². The predicted octanol–water partition coefficient (Wildman–Crippen LogP) is 3.23. The van der Waals surface area contributed by atoms with Crippen molar-refractivity contribution in [3.05, 3.63) is 16.8 Å². The van der Waals surface area contributed by atoms with Gasteiger partial charge >= 0.3 is 0 Å². The van der Waals surface area contributed by atoms with Crippen LogP contribution in [-0.4, -0.2) is 25.4 Å². The molecule has 2 N–H and O–H groups in total. The van der Waals surface area contributed by atoms with Crippen molar-refractivity contribution in [1.82, 2.24) is 14.9 Å². The number of halogens is 1. The Morgan fingerprint density at radius 1 is 1.26 bits per heavy atom. The number of nitrogens with zero attached hydrogens (tertiary/aromatic N) is 2. The number of hydrogen-bond acceptors (Lipinski definition) is 5. The standard InChI is InChI=1S/C15H25ClN4O2S/c1-9(20-23(22)15(5,6)7)10-8-11(18-19-12(10)16)17-13(21)14(2,3)4/h8-9,20H,1-7H3,(H,17,18,21)/t9?,23-/m1/s1. The molecule has 1 aromatic heterocycles. The molecule has 1 aromatic rings. The Hall–Kier alpha value is -0.890. The summed E-state index contributed by atoms with van der Waals surface area (Å²) in [5.74, 6) is 0.151. The van der Waals surface area contributed by atoms with E-state index in [2.05, 4.69) is 20.2 Å². The fraction of sp³-hybridized carbons (Fsp3) is 0.667. The van der Waals surface area contributed by atoms with E-state index in [-0.39, 0.29) is 17.1 Å². The van der Waals surface area contributed by atoms with Gasteiger partial charge < -0.3 is 9.87 Å². The molecule has 0 aromatic carbocycles. The summed E-state index contributed by atoms with van der Waals surface area (Å²) >= 11 is 4.84. The highest BCUT2D eigenvalue weighted by atomic mass is 35.5. The zero-order valence-corrected chi connectivity index (χ0v) is 16.2. The first-order valence-corrected chi connectivity index (χ1v) is 8.88. The Morgan fingerprint density at radius 3 is 2.30 bits per heavy atom. The monoisotopic (exact) mass is 360 g/mol. The van der Waals surface area contributed by atoms with Crippen molar-refractivity contribution >= 4 is 34.7 Å². The maximum atomic E-state index is 12.2. The predicted molar refractivity (Wildman–Crippen MR) is 94.6 cm³/mol. The van der Waals surface area contributed by atoms with Crippen LogP contribution in [0.25, 0.3) is 0 Å². The van der Waals surface area contributed by atoms with Crippen molar-refractivity contribution in [3.8, 4) is 0 Å². The fourth-order valence-electron chi connectivity index (χ4n) is 1.46. The maximum Gasteiger partial charge on any atom is 0.230 e. The van der Waals surface area contributed by atoms with Crippen molar-refractivity contribution in [2.24, 2.45) is 5.41 Å². The number of carbonyl (C=O) groups excluding carboxylic acids is 1. The molecule has 6 nitrogen and oxygen atoms in total. The van der Waals surface area contributed by atoms with Gasteiger partial charge in [0.25, 0.3) is 0 Å². The molecular weight excluding hydrogens is 336 g/mol. The minimum Gasteiger partial charge on any atom is -0.598 e. The minimum absolute atomic E-state index is 0.168. The summed E-state index contributed by atoms with van der Waals surface area (Å²) in [7, 11) is 0. The van der Waals surface area contributed by atoms with Crippen molar-refractivity contribution < 1.29 is 9.35 Å². The molecule has 0 spiro atoms. The molecule has 2 atom stereocenters. The third-order valence-electron chi connectivity index (χ3n) is 3.01. The smallest absolute Gasteiger partial charge is 0.230 e. The molecule has 0 bridgehead atoms. The molecule has 1 amide bonds. The first kappa shape index (κ1) is 20.2. The fourth-order valence-corrected chi connectivity index (χ4v) is 2.52. The lowest BCUT2D eigenvalue weighted by Gasteiger charge is -2.26. The first-order valence-electron chi connectivity index (χ1n) is 7.35. The van der Waals surface area contributed by atoms with E-state index >= 15 is 0 Å². The van der Waals surface area contributed by atoms with Crippen molar-refractivity contribution in [3.63, 3.8) is 0 Å². The molecule has 0 radical (unpaired) electrons. The SMILES string of the molecule is CC(N[S@+]([O-])C(C)(C)C)c1cc(NC(=O)C(C)(C)C)nnc1Cl. The van der Waals surface area contributed by atoms with Crippen molar-refractivity contribution in [2.75, 3.05) is 5.32 Å². The van der Waals surface area contributed by atoms with Crippen LogP contribution in [0.3, 0.4) is 0 Å². The second-order valence-corrected chi connectivity index (χ2v) is 9.76. The molecule has 0 aliphatic carbocycles. The lowest BCUT2D eigenvalue weighted by molar-refractivity contribution is -0.123. The van der Waals surface area contributed by atoms with Crippen LogP contribution >= 0.6 is 11.6 Å². The average molecular weight is 361 g/mol. The van der Waals surface area contributed by atoms with Gasteiger partial charge in [0.05, 0.1) is 6.04 Å². The molecule has 1 unspecified atom stereocenters. The van der Waals surface area contributed by atoms with Crippen LogP contribution in [0.4, 0.5) is 5.82 Å². The molecule has 0 aliphatic heterocycles. The molecule has 8 heteroatoms. The van der Waals surface area contributed by atoms with Crippen LogP contribution in [0.15, 0.2) is 6.07 Å². The minimum atomic E-state index is -1.25. The normalized spacial score (nSPS) is 15.2. The topological polar surface area (TPSA) is 90.0 Å². The Bertz CT molecular complexity index is 570. The largest absolute Gasteiger partial charge is 0.598 e. The highest BCUT2D eigenvalue weighted by molar-refractivity contribution is 7.90. The third-order valence-corrected chi connectivity index (χ3v) is 4.98. The number of hydrogen-bond donors (Lipinski definition) is 2. The van der Waals surface area contributed by atoms with Crippen molar-refractivity contribution in [1.29, 1.82) is 0 Å². The Morgan fingerprint density at radius 2 is 1.83 bits per heavy atom. The van der Waals surface area contributed by atoms with Crippen LogP contribution in [0, 0.1) is 5.41 Å². The summed E-state index contributed by atoms with van der Waals surface area (Å²) in [5, 5.41) is 10.7. The van der Waals surface area contributed by atoms with Crippen LogP contribution in [0.1, 0.15) is 60.1 Å². The van der Waals surface area contributed by atoms with Gasteiger partial charge in [0.15, 0.2) is 11.0 Å². The van der Waals surface area contributed by atoms with E-state index < -0.39 is 21.5 Å². The van der Waals surface area contributed by atoms with E-state index in [1.54, 1.807) is 6.07 Å². The molecule has 0 aliphatic rings. The van der Waals surface area contributed by atoms with Gasteiger partial charge in [-0.1, -0.05) is 32.4 Å². The lowest BCUT2D eigenvalue weighted by Crippen LogP contribution is -2.40. The maximum absolute atomic E-state index is 12.2. The van der Waals surface area contributed by atoms with Gasteiger partial charge in [0, 0.05) is 22.3 Å². The Balaban J connectivity index is 2.95. The first-order chi connectivity index (χ1) is 10.3. The number of aromatic nitrogens is 2. The van der Waals surface area contributed by atoms with E-state index in [0.717, 1.165) is 0 Å². The van der Waals surface area contributed by atoms with Gasteiger partial charge in [-0.25, -0.2) is 0 Å². The third kappa shape index (κ3) is 5.91. The summed E-state index contributed by atoms with van der Waals surface area (Å²) in [6, 6.07) is 1.35. The van der Waals surface area contributed by atoms with E-state index in [1.807, 2.05) is 48.5 Å². The summed E-state index contributed by atoms with van der Waals surface area (Å²) in [6.07, 6.45) is 0. The molecule has 1 rings (SSSR count). The molecule has 0 saturated carbocycles.